The van der Waals surface area contributed by atoms with Crippen molar-refractivity contribution in [3.63, 3.8) is 0 Å². The van der Waals surface area contributed by atoms with Gasteiger partial charge in [0.2, 0.25) is 0 Å². The maximum atomic E-state index is 8.92. The Morgan fingerprint density at radius 2 is 1.73 bits per heavy atom. The molecule has 78 valence electrons. The molecule has 0 saturated carbocycles. The van der Waals surface area contributed by atoms with Crippen LogP contribution in [-0.4, -0.2) is 20.1 Å². The summed E-state index contributed by atoms with van der Waals surface area (Å²) in [4.78, 5) is 11.4. The van der Waals surface area contributed by atoms with Crippen LogP contribution in [0.3, 0.4) is 0 Å². The third-order valence-electron chi connectivity index (χ3n) is 1.58. The molecule has 1 N–H and O–H groups in total. The number of aliphatic hydroxyl groups is 1. The zero-order chi connectivity index (χ0) is 10.9. The van der Waals surface area contributed by atoms with E-state index < -0.39 is 6.10 Å². The third-order valence-corrected chi connectivity index (χ3v) is 1.58. The first kappa shape index (κ1) is 11.3. The van der Waals surface area contributed by atoms with Gasteiger partial charge in [0, 0.05) is 24.8 Å². The van der Waals surface area contributed by atoms with Crippen molar-refractivity contribution in [2.24, 2.45) is 0 Å². The van der Waals surface area contributed by atoms with Gasteiger partial charge in [0.15, 0.2) is 0 Å². The van der Waals surface area contributed by atoms with E-state index in [0.717, 1.165) is 0 Å². The molecular weight excluding hydrogens is 190 g/mol. The van der Waals surface area contributed by atoms with Crippen LogP contribution < -0.4 is 0 Å². The molecule has 1 atom stereocenters. The van der Waals surface area contributed by atoms with E-state index >= 15 is 0 Å². The summed E-state index contributed by atoms with van der Waals surface area (Å²) < 4.78 is 0. The average molecular weight is 203 g/mol. The summed E-state index contributed by atoms with van der Waals surface area (Å²) in [5.74, 6) is 0. The Morgan fingerprint density at radius 1 is 1.00 bits per heavy atom. The number of pyridine rings is 1. The highest BCUT2D eigenvalue weighted by Crippen LogP contribution is 2.03. The molecule has 0 aliphatic carbocycles. The molecule has 0 aliphatic rings. The maximum Gasteiger partial charge on any atom is 0.0947 e. The SMILES string of the molecule is CC(O)c1cnccn1.c1ccncc1. The summed E-state index contributed by atoms with van der Waals surface area (Å²) in [5, 5.41) is 8.92. The van der Waals surface area contributed by atoms with Crippen LogP contribution >= 0.6 is 0 Å². The van der Waals surface area contributed by atoms with Crippen LogP contribution in [0.4, 0.5) is 0 Å². The molecule has 0 spiro atoms. The first-order valence-electron chi connectivity index (χ1n) is 4.59. The van der Waals surface area contributed by atoms with Gasteiger partial charge in [0.1, 0.15) is 0 Å². The first-order valence-corrected chi connectivity index (χ1v) is 4.59. The quantitative estimate of drug-likeness (QED) is 0.765. The van der Waals surface area contributed by atoms with Crippen molar-refractivity contribution in [1.29, 1.82) is 0 Å². The lowest BCUT2D eigenvalue weighted by Crippen LogP contribution is -1.94. The number of aromatic nitrogens is 3. The fraction of sp³-hybridized carbons (Fsp3) is 0.182. The number of rotatable bonds is 1. The second-order valence-corrected chi connectivity index (χ2v) is 2.83. The molecule has 0 aliphatic heterocycles. The average Bonchev–Trinajstić information content (AvgIpc) is 2.33. The number of nitrogens with zero attached hydrogens (tertiary/aromatic N) is 3. The van der Waals surface area contributed by atoms with Crippen molar-refractivity contribution in [3.05, 3.63) is 54.9 Å². The fourth-order valence-electron chi connectivity index (χ4n) is 0.839. The largest absolute Gasteiger partial charge is 0.387 e. The van der Waals surface area contributed by atoms with Gasteiger partial charge in [-0.25, -0.2) is 0 Å². The van der Waals surface area contributed by atoms with Gasteiger partial charge in [-0.15, -0.1) is 0 Å². The Morgan fingerprint density at radius 3 is 2.00 bits per heavy atom. The standard InChI is InChI=1S/C6H8N2O.C5H5N/c1-5(9)6-4-7-2-3-8-6;1-2-4-6-5-3-1/h2-5,9H,1H3;1-5H. The minimum atomic E-state index is -0.515. The molecule has 0 aromatic carbocycles. The number of aliphatic hydroxyl groups excluding tert-OH is 1. The van der Waals surface area contributed by atoms with Gasteiger partial charge in [-0.1, -0.05) is 6.07 Å². The summed E-state index contributed by atoms with van der Waals surface area (Å²) in [5.41, 5.74) is 0.609. The zero-order valence-electron chi connectivity index (χ0n) is 8.49. The van der Waals surface area contributed by atoms with Gasteiger partial charge in [-0.3, -0.25) is 15.0 Å². The first-order chi connectivity index (χ1) is 7.30. The van der Waals surface area contributed by atoms with E-state index in [-0.39, 0.29) is 0 Å². The van der Waals surface area contributed by atoms with E-state index in [4.69, 9.17) is 5.11 Å². The predicted molar refractivity (Wildman–Crippen MR) is 56.9 cm³/mol. The Kier molecular flexibility index (Phi) is 4.97. The van der Waals surface area contributed by atoms with Gasteiger partial charge in [-0.2, -0.15) is 0 Å². The second kappa shape index (κ2) is 6.62. The van der Waals surface area contributed by atoms with E-state index in [9.17, 15) is 0 Å². The topological polar surface area (TPSA) is 58.9 Å². The van der Waals surface area contributed by atoms with E-state index in [1.54, 1.807) is 37.9 Å². The molecule has 4 nitrogen and oxygen atoms in total. The maximum absolute atomic E-state index is 8.92. The summed E-state index contributed by atoms with van der Waals surface area (Å²) in [7, 11) is 0. The molecule has 4 heteroatoms. The zero-order valence-corrected chi connectivity index (χ0v) is 8.49. The van der Waals surface area contributed by atoms with E-state index in [0.29, 0.717) is 5.69 Å². The molecule has 0 radical (unpaired) electrons. The molecule has 1 unspecified atom stereocenters. The molecule has 0 amide bonds. The molecule has 2 aromatic heterocycles. The van der Waals surface area contributed by atoms with Crippen LogP contribution in [0, 0.1) is 0 Å². The van der Waals surface area contributed by atoms with Gasteiger partial charge >= 0.3 is 0 Å². The van der Waals surface area contributed by atoms with Gasteiger partial charge < -0.3 is 5.11 Å². The molecule has 15 heavy (non-hydrogen) atoms. The van der Waals surface area contributed by atoms with Crippen LogP contribution in [0.15, 0.2) is 49.2 Å². The summed E-state index contributed by atoms with van der Waals surface area (Å²) in [6, 6.07) is 5.72. The number of hydrogen-bond acceptors (Lipinski definition) is 4. The molecular formula is C11H13N3O. The highest BCUT2D eigenvalue weighted by atomic mass is 16.3. The Labute approximate surface area is 88.7 Å². The fourth-order valence-corrected chi connectivity index (χ4v) is 0.839. The summed E-state index contributed by atoms with van der Waals surface area (Å²) in [6.07, 6.45) is 7.66. The van der Waals surface area contributed by atoms with Crippen LogP contribution in [0.5, 0.6) is 0 Å². The monoisotopic (exact) mass is 203 g/mol. The summed E-state index contributed by atoms with van der Waals surface area (Å²) >= 11 is 0. The highest BCUT2D eigenvalue weighted by molar-refractivity contribution is 4.96. The van der Waals surface area contributed by atoms with Crippen molar-refractivity contribution in [2.45, 2.75) is 13.0 Å². The molecule has 0 saturated heterocycles. The van der Waals surface area contributed by atoms with Crippen molar-refractivity contribution >= 4 is 0 Å². The van der Waals surface area contributed by atoms with Gasteiger partial charge in [-0.05, 0) is 19.1 Å². The van der Waals surface area contributed by atoms with E-state index in [1.807, 2.05) is 18.2 Å². The van der Waals surface area contributed by atoms with Crippen molar-refractivity contribution < 1.29 is 5.11 Å². The molecule has 2 heterocycles. The van der Waals surface area contributed by atoms with Crippen molar-refractivity contribution in [3.8, 4) is 0 Å². The Balaban J connectivity index is 0.000000162. The smallest absolute Gasteiger partial charge is 0.0947 e. The van der Waals surface area contributed by atoms with Gasteiger partial charge in [0.05, 0.1) is 18.0 Å². The van der Waals surface area contributed by atoms with Crippen LogP contribution in [0.2, 0.25) is 0 Å². The Bertz CT molecular complexity index is 324. The van der Waals surface area contributed by atoms with Crippen LogP contribution in [0.25, 0.3) is 0 Å². The second-order valence-electron chi connectivity index (χ2n) is 2.83. The minimum absolute atomic E-state index is 0.515. The lowest BCUT2D eigenvalue weighted by molar-refractivity contribution is 0.194. The lowest BCUT2D eigenvalue weighted by atomic mass is 10.3. The van der Waals surface area contributed by atoms with Crippen molar-refractivity contribution in [1.82, 2.24) is 15.0 Å². The predicted octanol–water partition coefficient (Wildman–Crippen LogP) is 1.61. The lowest BCUT2D eigenvalue weighted by Gasteiger charge is -1.98. The van der Waals surface area contributed by atoms with Crippen molar-refractivity contribution in [2.75, 3.05) is 0 Å². The molecule has 0 bridgehead atoms. The van der Waals surface area contributed by atoms with Crippen LogP contribution in [-0.2, 0) is 0 Å². The minimum Gasteiger partial charge on any atom is -0.387 e. The number of hydrogen-bond donors (Lipinski definition) is 1. The normalized spacial score (nSPS) is 11.1. The molecule has 2 aromatic rings. The molecule has 0 fully saturated rings. The molecule has 2 rings (SSSR count). The van der Waals surface area contributed by atoms with Gasteiger partial charge in [0.25, 0.3) is 0 Å². The highest BCUT2D eigenvalue weighted by Gasteiger charge is 1.98. The van der Waals surface area contributed by atoms with E-state index in [2.05, 4.69) is 15.0 Å². The third kappa shape index (κ3) is 4.83. The Hall–Kier alpha value is -1.81. The van der Waals surface area contributed by atoms with E-state index in [1.165, 1.54) is 0 Å². The van der Waals surface area contributed by atoms with Crippen LogP contribution in [0.1, 0.15) is 18.7 Å². The summed E-state index contributed by atoms with van der Waals surface area (Å²) in [6.45, 7) is 1.66.